The summed E-state index contributed by atoms with van der Waals surface area (Å²) >= 11 is 0.534. The fourth-order valence-electron chi connectivity index (χ4n) is 0.851. The smallest absolute Gasteiger partial charge is 0.433 e. The predicted molar refractivity (Wildman–Crippen MR) is 41.9 cm³/mol. The summed E-state index contributed by atoms with van der Waals surface area (Å²) in [6.45, 7) is 0. The number of aliphatic carboxylic acids is 1. The quantitative estimate of drug-likeness (QED) is 0.804. The Balaban J connectivity index is 3.27. The lowest BCUT2D eigenvalue weighted by Gasteiger charge is -2.24. The van der Waals surface area contributed by atoms with E-state index in [2.05, 4.69) is 0 Å². The zero-order valence-electron chi connectivity index (χ0n) is 6.58. The molecule has 0 saturated heterocycles. The Labute approximate surface area is 80.4 Å². The van der Waals surface area contributed by atoms with E-state index in [1.54, 1.807) is 0 Å². The van der Waals surface area contributed by atoms with E-state index in [4.69, 9.17) is 10.2 Å². The molecule has 1 atom stereocenters. The van der Waals surface area contributed by atoms with E-state index in [1.807, 2.05) is 0 Å². The fourth-order valence-corrected chi connectivity index (χ4v) is 1.69. The van der Waals surface area contributed by atoms with Gasteiger partial charge in [-0.15, -0.1) is 11.3 Å². The van der Waals surface area contributed by atoms with Crippen molar-refractivity contribution in [3.8, 4) is 0 Å². The molecule has 1 unspecified atom stereocenters. The van der Waals surface area contributed by atoms with Gasteiger partial charge in [-0.25, -0.2) is 4.79 Å². The zero-order valence-corrected chi connectivity index (χ0v) is 7.39. The first-order valence-electron chi connectivity index (χ1n) is 3.36. The summed E-state index contributed by atoms with van der Waals surface area (Å²) in [5, 5.41) is 18.7. The van der Waals surface area contributed by atoms with Crippen LogP contribution in [-0.2, 0) is 10.4 Å². The molecule has 78 valence electrons. The maximum atomic E-state index is 12.3. The summed E-state index contributed by atoms with van der Waals surface area (Å²) in [5.41, 5.74) is -3.80. The molecule has 3 nitrogen and oxygen atoms in total. The van der Waals surface area contributed by atoms with Gasteiger partial charge in [0.2, 0.25) is 0 Å². The summed E-state index contributed by atoms with van der Waals surface area (Å²) in [6.07, 6.45) is -5.23. The largest absolute Gasteiger partial charge is 0.479 e. The first-order chi connectivity index (χ1) is 6.30. The minimum atomic E-state index is -5.23. The minimum Gasteiger partial charge on any atom is -0.479 e. The highest BCUT2D eigenvalue weighted by Gasteiger charge is 2.62. The molecule has 1 aromatic rings. The lowest BCUT2D eigenvalue weighted by molar-refractivity contribution is -0.264. The highest BCUT2D eigenvalue weighted by molar-refractivity contribution is 7.10. The monoisotopic (exact) mass is 226 g/mol. The van der Waals surface area contributed by atoms with Gasteiger partial charge in [0.15, 0.2) is 0 Å². The summed E-state index contributed by atoms with van der Waals surface area (Å²) in [6, 6.07) is 2.16. The molecule has 0 aliphatic carbocycles. The average Bonchev–Trinajstić information content (AvgIpc) is 2.52. The van der Waals surface area contributed by atoms with E-state index in [0.29, 0.717) is 11.3 Å². The molecule has 0 aliphatic rings. The van der Waals surface area contributed by atoms with Gasteiger partial charge in [-0.2, -0.15) is 13.2 Å². The average molecular weight is 226 g/mol. The van der Waals surface area contributed by atoms with Crippen LogP contribution in [-0.4, -0.2) is 22.4 Å². The molecule has 0 spiro atoms. The maximum Gasteiger partial charge on any atom is 0.433 e. The Morgan fingerprint density at radius 3 is 2.29 bits per heavy atom. The third kappa shape index (κ3) is 1.48. The van der Waals surface area contributed by atoms with Crippen LogP contribution in [0.3, 0.4) is 0 Å². The molecule has 0 aromatic carbocycles. The van der Waals surface area contributed by atoms with E-state index in [9.17, 15) is 18.0 Å². The number of halogens is 3. The Morgan fingerprint density at radius 1 is 1.43 bits per heavy atom. The molecule has 7 heteroatoms. The van der Waals surface area contributed by atoms with Crippen LogP contribution < -0.4 is 0 Å². The molecule has 0 bridgehead atoms. The first kappa shape index (κ1) is 11.0. The van der Waals surface area contributed by atoms with Gasteiger partial charge in [-0.1, -0.05) is 6.07 Å². The van der Waals surface area contributed by atoms with Gasteiger partial charge in [0, 0.05) is 0 Å². The van der Waals surface area contributed by atoms with Crippen LogP contribution in [0.4, 0.5) is 13.2 Å². The maximum absolute atomic E-state index is 12.3. The second-order valence-corrected chi connectivity index (χ2v) is 3.44. The van der Waals surface area contributed by atoms with Gasteiger partial charge in [0.05, 0.1) is 4.88 Å². The molecule has 1 aromatic heterocycles. The van der Waals surface area contributed by atoms with Crippen molar-refractivity contribution in [2.45, 2.75) is 11.8 Å². The molecule has 0 amide bonds. The summed E-state index contributed by atoms with van der Waals surface area (Å²) in [7, 11) is 0. The SMILES string of the molecule is O=C(O)C(O)(c1cccs1)C(F)(F)F. The Hall–Kier alpha value is -1.08. The number of aliphatic hydroxyl groups is 1. The van der Waals surface area contributed by atoms with Crippen LogP contribution >= 0.6 is 11.3 Å². The van der Waals surface area contributed by atoms with Gasteiger partial charge in [-0.05, 0) is 11.4 Å². The molecular formula is C7H5F3O3S. The molecular weight excluding hydrogens is 221 g/mol. The Bertz CT molecular complexity index is 332. The van der Waals surface area contributed by atoms with Crippen molar-refractivity contribution in [3.05, 3.63) is 22.4 Å². The van der Waals surface area contributed by atoms with Crippen molar-refractivity contribution in [1.29, 1.82) is 0 Å². The van der Waals surface area contributed by atoms with Crippen molar-refractivity contribution in [2.24, 2.45) is 0 Å². The second-order valence-electron chi connectivity index (χ2n) is 2.49. The minimum absolute atomic E-state index is 0.534. The third-order valence-electron chi connectivity index (χ3n) is 1.60. The number of carboxylic acid groups (broad SMARTS) is 1. The van der Waals surface area contributed by atoms with Crippen molar-refractivity contribution < 1.29 is 28.2 Å². The molecule has 2 N–H and O–H groups in total. The van der Waals surface area contributed by atoms with E-state index in [0.717, 1.165) is 6.07 Å². The summed E-state index contributed by atoms with van der Waals surface area (Å²) in [5.74, 6) is -2.33. The predicted octanol–water partition coefficient (Wildman–Crippen LogP) is 1.58. The van der Waals surface area contributed by atoms with Gasteiger partial charge >= 0.3 is 12.1 Å². The molecule has 1 heterocycles. The van der Waals surface area contributed by atoms with Crippen molar-refractivity contribution >= 4 is 17.3 Å². The highest BCUT2D eigenvalue weighted by Crippen LogP contribution is 2.40. The van der Waals surface area contributed by atoms with Gasteiger partial charge in [0.1, 0.15) is 0 Å². The number of carbonyl (C=O) groups is 1. The summed E-state index contributed by atoms with van der Waals surface area (Å²) in [4.78, 5) is 9.75. The lowest BCUT2D eigenvalue weighted by Crippen LogP contribution is -2.48. The standard InChI is InChI=1S/C7H5F3O3S/c8-7(9,10)6(13,5(11)12)4-2-1-3-14-4/h1-3,13H,(H,11,12). The second kappa shape index (κ2) is 3.25. The van der Waals surface area contributed by atoms with Gasteiger partial charge in [0.25, 0.3) is 5.60 Å². The van der Waals surface area contributed by atoms with Crippen LogP contribution in [0.5, 0.6) is 0 Å². The summed E-state index contributed by atoms with van der Waals surface area (Å²) < 4.78 is 36.9. The number of alkyl halides is 3. The van der Waals surface area contributed by atoms with Crippen LogP contribution in [0.2, 0.25) is 0 Å². The number of hydrogen-bond acceptors (Lipinski definition) is 3. The molecule has 0 fully saturated rings. The number of hydrogen-bond donors (Lipinski definition) is 2. The van der Waals surface area contributed by atoms with Gasteiger partial charge < -0.3 is 10.2 Å². The van der Waals surface area contributed by atoms with Crippen LogP contribution in [0.25, 0.3) is 0 Å². The van der Waals surface area contributed by atoms with Crippen LogP contribution in [0.15, 0.2) is 17.5 Å². The molecule has 0 aliphatic heterocycles. The van der Waals surface area contributed by atoms with Crippen molar-refractivity contribution in [2.75, 3.05) is 0 Å². The van der Waals surface area contributed by atoms with E-state index < -0.39 is 22.6 Å². The van der Waals surface area contributed by atoms with E-state index in [-0.39, 0.29) is 0 Å². The van der Waals surface area contributed by atoms with Crippen molar-refractivity contribution in [1.82, 2.24) is 0 Å². The highest BCUT2D eigenvalue weighted by atomic mass is 32.1. The topological polar surface area (TPSA) is 57.5 Å². The molecule has 14 heavy (non-hydrogen) atoms. The molecule has 0 saturated carbocycles. The van der Waals surface area contributed by atoms with Crippen LogP contribution in [0.1, 0.15) is 4.88 Å². The zero-order chi connectivity index (χ0) is 11.0. The fraction of sp³-hybridized carbons (Fsp3) is 0.286. The number of thiophene rings is 1. The number of rotatable bonds is 2. The van der Waals surface area contributed by atoms with E-state index >= 15 is 0 Å². The first-order valence-corrected chi connectivity index (χ1v) is 4.24. The third-order valence-corrected chi connectivity index (χ3v) is 2.58. The van der Waals surface area contributed by atoms with Crippen molar-refractivity contribution in [3.63, 3.8) is 0 Å². The van der Waals surface area contributed by atoms with E-state index in [1.165, 1.54) is 11.4 Å². The lowest BCUT2D eigenvalue weighted by atomic mass is 10.0. The molecule has 0 radical (unpaired) electrons. The number of carboxylic acids is 1. The Kier molecular flexibility index (Phi) is 2.55. The van der Waals surface area contributed by atoms with Crippen LogP contribution in [0, 0.1) is 0 Å². The normalized spacial score (nSPS) is 16.3. The molecule has 1 rings (SSSR count). The Morgan fingerprint density at radius 2 is 2.00 bits per heavy atom. The van der Waals surface area contributed by atoms with Gasteiger partial charge in [-0.3, -0.25) is 0 Å².